The Labute approximate surface area is 112 Å². The Morgan fingerprint density at radius 3 is 2.56 bits per heavy atom. The van der Waals surface area contributed by atoms with Gasteiger partial charge in [-0.3, -0.25) is 4.68 Å². The predicted molar refractivity (Wildman–Crippen MR) is 75.6 cm³/mol. The maximum atomic E-state index is 5.88. The molecular formula is C13H20N4S. The molecule has 1 unspecified atom stereocenters. The molecule has 4 nitrogen and oxygen atoms in total. The van der Waals surface area contributed by atoms with Crippen LogP contribution in [0.15, 0.2) is 12.4 Å². The van der Waals surface area contributed by atoms with Gasteiger partial charge in [0.05, 0.1) is 11.3 Å². The lowest BCUT2D eigenvalue weighted by molar-refractivity contribution is 0.554. The molecule has 18 heavy (non-hydrogen) atoms. The largest absolute Gasteiger partial charge is 0.323 e. The number of nitrogens with two attached hydrogens (primary N) is 1. The van der Waals surface area contributed by atoms with Crippen molar-refractivity contribution in [1.82, 2.24) is 14.8 Å². The van der Waals surface area contributed by atoms with Crippen molar-refractivity contribution in [2.75, 3.05) is 0 Å². The Kier molecular flexibility index (Phi) is 3.29. The average molecular weight is 264 g/mol. The molecular weight excluding hydrogens is 244 g/mol. The summed E-state index contributed by atoms with van der Waals surface area (Å²) in [5, 5.41) is 5.56. The van der Waals surface area contributed by atoms with Crippen LogP contribution in [0.4, 0.5) is 0 Å². The van der Waals surface area contributed by atoms with Gasteiger partial charge in [0.15, 0.2) is 0 Å². The summed E-state index contributed by atoms with van der Waals surface area (Å²) in [6.07, 6.45) is 3.90. The molecule has 0 spiro atoms. The molecule has 0 radical (unpaired) electrons. The number of nitrogens with zero attached hydrogens (tertiary/aromatic N) is 3. The van der Waals surface area contributed by atoms with E-state index in [1.165, 1.54) is 0 Å². The standard InChI is InChI=1S/C13H20N4S/c1-8(14)10-6-15-12(18-10)9-7-17(5)16-11(9)13(2,3)4/h6-8H,14H2,1-5H3. The number of hydrogen-bond acceptors (Lipinski definition) is 4. The molecule has 2 heterocycles. The van der Waals surface area contributed by atoms with E-state index in [4.69, 9.17) is 5.73 Å². The van der Waals surface area contributed by atoms with E-state index in [9.17, 15) is 0 Å². The lowest BCUT2D eigenvalue weighted by Crippen LogP contribution is -2.13. The zero-order valence-corrected chi connectivity index (χ0v) is 12.4. The first kappa shape index (κ1) is 13.2. The van der Waals surface area contributed by atoms with E-state index in [-0.39, 0.29) is 11.5 Å². The minimum absolute atomic E-state index is 0.0107. The van der Waals surface area contributed by atoms with Crippen molar-refractivity contribution in [2.45, 2.75) is 39.2 Å². The van der Waals surface area contributed by atoms with E-state index in [0.29, 0.717) is 0 Å². The van der Waals surface area contributed by atoms with Crippen LogP contribution in [0.5, 0.6) is 0 Å². The van der Waals surface area contributed by atoms with Gasteiger partial charge in [0.25, 0.3) is 0 Å². The second kappa shape index (κ2) is 4.48. The summed E-state index contributed by atoms with van der Waals surface area (Å²) in [5.41, 5.74) is 8.09. The van der Waals surface area contributed by atoms with Gasteiger partial charge >= 0.3 is 0 Å². The fourth-order valence-electron chi connectivity index (χ4n) is 1.82. The summed E-state index contributed by atoms with van der Waals surface area (Å²) < 4.78 is 1.85. The topological polar surface area (TPSA) is 56.7 Å². The van der Waals surface area contributed by atoms with E-state index < -0.39 is 0 Å². The minimum Gasteiger partial charge on any atom is -0.323 e. The summed E-state index contributed by atoms with van der Waals surface area (Å²) in [5.74, 6) is 0. The smallest absolute Gasteiger partial charge is 0.127 e. The highest BCUT2D eigenvalue weighted by Gasteiger charge is 2.24. The van der Waals surface area contributed by atoms with Gasteiger partial charge in [0.1, 0.15) is 5.01 Å². The summed E-state index contributed by atoms with van der Waals surface area (Å²) in [4.78, 5) is 5.59. The van der Waals surface area contributed by atoms with Crippen LogP contribution < -0.4 is 5.73 Å². The maximum absolute atomic E-state index is 5.88. The summed E-state index contributed by atoms with van der Waals surface area (Å²) in [7, 11) is 1.94. The van der Waals surface area contributed by atoms with E-state index in [0.717, 1.165) is 21.1 Å². The van der Waals surface area contributed by atoms with Crippen molar-refractivity contribution < 1.29 is 0 Å². The molecule has 98 valence electrons. The fraction of sp³-hybridized carbons (Fsp3) is 0.538. The van der Waals surface area contributed by atoms with Crippen molar-refractivity contribution >= 4 is 11.3 Å². The molecule has 0 aromatic carbocycles. The van der Waals surface area contributed by atoms with Gasteiger partial charge in [0.2, 0.25) is 0 Å². The van der Waals surface area contributed by atoms with E-state index >= 15 is 0 Å². The van der Waals surface area contributed by atoms with Crippen LogP contribution in [-0.4, -0.2) is 14.8 Å². The first-order valence-corrected chi connectivity index (χ1v) is 6.86. The van der Waals surface area contributed by atoms with Crippen molar-refractivity contribution in [3.8, 4) is 10.6 Å². The highest BCUT2D eigenvalue weighted by Crippen LogP contribution is 2.34. The van der Waals surface area contributed by atoms with Gasteiger partial charge in [-0.1, -0.05) is 20.8 Å². The second-order valence-electron chi connectivity index (χ2n) is 5.67. The van der Waals surface area contributed by atoms with Gasteiger partial charge in [-0.25, -0.2) is 4.98 Å². The number of hydrogen-bond donors (Lipinski definition) is 1. The van der Waals surface area contributed by atoms with E-state index in [1.54, 1.807) is 11.3 Å². The monoisotopic (exact) mass is 264 g/mol. The van der Waals surface area contributed by atoms with Crippen LogP contribution in [-0.2, 0) is 12.5 Å². The van der Waals surface area contributed by atoms with Crippen LogP contribution in [0.25, 0.3) is 10.6 Å². The average Bonchev–Trinajstić information content (AvgIpc) is 2.81. The Balaban J connectivity index is 2.50. The third kappa shape index (κ3) is 2.47. The first-order valence-electron chi connectivity index (χ1n) is 6.05. The molecule has 0 bridgehead atoms. The highest BCUT2D eigenvalue weighted by atomic mass is 32.1. The molecule has 0 aliphatic carbocycles. The number of thiazole rings is 1. The van der Waals surface area contributed by atoms with Gasteiger partial charge in [-0.15, -0.1) is 11.3 Å². The third-order valence-electron chi connectivity index (χ3n) is 2.74. The minimum atomic E-state index is 0.0107. The Hall–Kier alpha value is -1.20. The SMILES string of the molecule is CC(N)c1cnc(-c2cn(C)nc2C(C)(C)C)s1. The van der Waals surface area contributed by atoms with Crippen LogP contribution >= 0.6 is 11.3 Å². The quantitative estimate of drug-likeness (QED) is 0.907. The van der Waals surface area contributed by atoms with Crippen molar-refractivity contribution in [1.29, 1.82) is 0 Å². The van der Waals surface area contributed by atoms with Crippen LogP contribution in [0.3, 0.4) is 0 Å². The van der Waals surface area contributed by atoms with Gasteiger partial charge in [-0.05, 0) is 6.92 Å². The number of aromatic nitrogens is 3. The molecule has 2 N–H and O–H groups in total. The Bertz CT molecular complexity index is 546. The zero-order valence-electron chi connectivity index (χ0n) is 11.6. The molecule has 0 aliphatic rings. The molecule has 2 aromatic rings. The van der Waals surface area contributed by atoms with Crippen molar-refractivity contribution in [3.05, 3.63) is 23.0 Å². The Morgan fingerprint density at radius 1 is 1.39 bits per heavy atom. The second-order valence-corrected chi connectivity index (χ2v) is 6.73. The van der Waals surface area contributed by atoms with Crippen molar-refractivity contribution in [2.24, 2.45) is 12.8 Å². The molecule has 0 saturated heterocycles. The summed E-state index contributed by atoms with van der Waals surface area (Å²) in [6, 6.07) is 0.0333. The lowest BCUT2D eigenvalue weighted by atomic mass is 9.90. The molecule has 0 saturated carbocycles. The van der Waals surface area contributed by atoms with Crippen LogP contribution in [0.1, 0.15) is 44.3 Å². The van der Waals surface area contributed by atoms with Crippen LogP contribution in [0.2, 0.25) is 0 Å². The first-order chi connectivity index (χ1) is 8.29. The predicted octanol–water partition coefficient (Wildman–Crippen LogP) is 2.86. The Morgan fingerprint density at radius 2 is 2.06 bits per heavy atom. The van der Waals surface area contributed by atoms with E-state index in [2.05, 4.69) is 30.9 Å². The molecule has 0 fully saturated rings. The van der Waals surface area contributed by atoms with Gasteiger partial charge in [0, 0.05) is 35.8 Å². The molecule has 0 aliphatic heterocycles. The van der Waals surface area contributed by atoms with Crippen LogP contribution in [0, 0.1) is 0 Å². The van der Waals surface area contributed by atoms with E-state index in [1.807, 2.05) is 31.0 Å². The number of rotatable bonds is 2. The molecule has 2 rings (SSSR count). The molecule has 5 heteroatoms. The van der Waals surface area contributed by atoms with Gasteiger partial charge in [-0.2, -0.15) is 5.10 Å². The highest BCUT2D eigenvalue weighted by molar-refractivity contribution is 7.15. The summed E-state index contributed by atoms with van der Waals surface area (Å²) >= 11 is 1.65. The third-order valence-corrected chi connectivity index (χ3v) is 3.97. The molecule has 1 atom stereocenters. The molecule has 2 aromatic heterocycles. The normalized spacial score (nSPS) is 13.9. The lowest BCUT2D eigenvalue weighted by Gasteiger charge is -2.16. The fourth-order valence-corrected chi connectivity index (χ4v) is 2.70. The van der Waals surface area contributed by atoms with Gasteiger partial charge < -0.3 is 5.73 Å². The number of aryl methyl sites for hydroxylation is 1. The van der Waals surface area contributed by atoms with Crippen molar-refractivity contribution in [3.63, 3.8) is 0 Å². The molecule has 0 amide bonds. The maximum Gasteiger partial charge on any atom is 0.127 e. The zero-order chi connectivity index (χ0) is 13.5. The summed E-state index contributed by atoms with van der Waals surface area (Å²) in [6.45, 7) is 8.47.